The van der Waals surface area contributed by atoms with Crippen LogP contribution in [-0.4, -0.2) is 95.1 Å². The van der Waals surface area contributed by atoms with Crippen LogP contribution in [0.3, 0.4) is 0 Å². The fourth-order valence-electron chi connectivity index (χ4n) is 3.93. The number of amides is 2. The van der Waals surface area contributed by atoms with E-state index in [4.69, 9.17) is 4.74 Å². The minimum Gasteiger partial charge on any atom is -0.378 e. The topological polar surface area (TPSA) is 90.9 Å². The molecule has 30 heavy (non-hydrogen) atoms. The summed E-state index contributed by atoms with van der Waals surface area (Å²) in [5.74, 6) is 0.0998. The van der Waals surface area contributed by atoms with Gasteiger partial charge in [-0.25, -0.2) is 4.79 Å². The van der Waals surface area contributed by atoms with Crippen LogP contribution in [0.1, 0.15) is 16.1 Å². The molecule has 4 rings (SSSR count). The molecular formula is C21H27N5O4. The number of aryl methyl sites for hydroxylation is 1. The molecule has 0 unspecified atom stereocenters. The number of carbonyl (C=O) groups excluding carboxylic acids is 2. The van der Waals surface area contributed by atoms with Crippen molar-refractivity contribution in [2.75, 3.05) is 59.0 Å². The first-order chi connectivity index (χ1) is 14.5. The summed E-state index contributed by atoms with van der Waals surface area (Å²) in [5, 5.41) is 0. The van der Waals surface area contributed by atoms with Crippen LogP contribution in [0.4, 0.5) is 0 Å². The molecule has 2 aliphatic heterocycles. The number of benzene rings is 1. The van der Waals surface area contributed by atoms with Gasteiger partial charge in [-0.15, -0.1) is 0 Å². The maximum absolute atomic E-state index is 12.9. The first-order valence-corrected chi connectivity index (χ1v) is 10.3. The summed E-state index contributed by atoms with van der Waals surface area (Å²) >= 11 is 0. The van der Waals surface area contributed by atoms with E-state index < -0.39 is 0 Å². The van der Waals surface area contributed by atoms with Gasteiger partial charge in [-0.05, 0) is 31.2 Å². The number of rotatable bonds is 4. The summed E-state index contributed by atoms with van der Waals surface area (Å²) in [6, 6.07) is 7.08. The van der Waals surface area contributed by atoms with E-state index in [9.17, 15) is 14.4 Å². The van der Waals surface area contributed by atoms with Gasteiger partial charge in [-0.3, -0.25) is 19.1 Å². The minimum atomic E-state index is -0.200. The predicted octanol–water partition coefficient (Wildman–Crippen LogP) is 0.0906. The number of aromatic amines is 1. The lowest BCUT2D eigenvalue weighted by atomic mass is 10.1. The van der Waals surface area contributed by atoms with Crippen LogP contribution < -0.4 is 5.69 Å². The molecular weight excluding hydrogens is 386 g/mol. The lowest BCUT2D eigenvalue weighted by molar-refractivity contribution is -0.136. The first kappa shape index (κ1) is 20.4. The van der Waals surface area contributed by atoms with Gasteiger partial charge in [-0.1, -0.05) is 0 Å². The van der Waals surface area contributed by atoms with Gasteiger partial charge in [0.2, 0.25) is 5.91 Å². The lowest BCUT2D eigenvalue weighted by Gasteiger charge is -2.36. The molecule has 0 bridgehead atoms. The predicted molar refractivity (Wildman–Crippen MR) is 111 cm³/mol. The number of hydrogen-bond acceptors (Lipinski definition) is 5. The number of ether oxygens (including phenoxy) is 1. The van der Waals surface area contributed by atoms with E-state index in [0.717, 1.165) is 11.4 Å². The molecule has 2 saturated heterocycles. The third kappa shape index (κ3) is 4.31. The van der Waals surface area contributed by atoms with Crippen LogP contribution in [-0.2, 0) is 9.53 Å². The van der Waals surface area contributed by atoms with Gasteiger partial charge in [-0.2, -0.15) is 0 Å². The summed E-state index contributed by atoms with van der Waals surface area (Å²) in [4.78, 5) is 45.6. The second kappa shape index (κ2) is 8.85. The van der Waals surface area contributed by atoms with E-state index in [-0.39, 0.29) is 17.5 Å². The van der Waals surface area contributed by atoms with Crippen LogP contribution >= 0.6 is 0 Å². The highest BCUT2D eigenvalue weighted by atomic mass is 16.5. The highest BCUT2D eigenvalue weighted by molar-refractivity contribution is 5.94. The lowest BCUT2D eigenvalue weighted by Crippen LogP contribution is -2.52. The van der Waals surface area contributed by atoms with Crippen molar-refractivity contribution in [3.63, 3.8) is 0 Å². The molecule has 160 valence electrons. The van der Waals surface area contributed by atoms with Gasteiger partial charge in [0.15, 0.2) is 0 Å². The molecule has 2 amide bonds. The Kier molecular flexibility index (Phi) is 6.01. The van der Waals surface area contributed by atoms with Gasteiger partial charge in [0.05, 0.1) is 25.4 Å². The van der Waals surface area contributed by atoms with E-state index in [0.29, 0.717) is 64.6 Å². The van der Waals surface area contributed by atoms with E-state index in [1.807, 2.05) is 16.7 Å². The molecule has 3 heterocycles. The summed E-state index contributed by atoms with van der Waals surface area (Å²) in [5.41, 5.74) is 1.93. The number of nitrogens with zero attached hydrogens (tertiary/aromatic N) is 4. The molecule has 0 atom stereocenters. The fourth-order valence-corrected chi connectivity index (χ4v) is 3.93. The van der Waals surface area contributed by atoms with Crippen molar-refractivity contribution in [1.82, 2.24) is 24.3 Å². The van der Waals surface area contributed by atoms with E-state index in [1.165, 1.54) is 0 Å². The molecule has 1 aromatic carbocycles. The number of aromatic nitrogens is 2. The molecule has 2 aliphatic rings. The maximum atomic E-state index is 12.9. The van der Waals surface area contributed by atoms with Crippen LogP contribution in [0.2, 0.25) is 0 Å². The number of hydrogen-bond donors (Lipinski definition) is 1. The second-order valence-electron chi connectivity index (χ2n) is 7.68. The summed E-state index contributed by atoms with van der Waals surface area (Å²) < 4.78 is 6.86. The van der Waals surface area contributed by atoms with Gasteiger partial charge in [0.1, 0.15) is 0 Å². The second-order valence-corrected chi connectivity index (χ2v) is 7.68. The Labute approximate surface area is 174 Å². The zero-order chi connectivity index (χ0) is 21.1. The van der Waals surface area contributed by atoms with Gasteiger partial charge in [0, 0.05) is 56.7 Å². The SMILES string of the molecule is Cc1c[nH]c(=O)n1-c1ccc(C(=O)N2CCN(CC(=O)N3CCOCC3)CC2)cc1. The van der Waals surface area contributed by atoms with Crippen LogP contribution in [0.5, 0.6) is 0 Å². The molecule has 2 fully saturated rings. The van der Waals surface area contributed by atoms with Crippen molar-refractivity contribution >= 4 is 11.8 Å². The highest BCUT2D eigenvalue weighted by Crippen LogP contribution is 2.13. The van der Waals surface area contributed by atoms with Crippen molar-refractivity contribution in [2.24, 2.45) is 0 Å². The number of H-pyrrole nitrogens is 1. The zero-order valence-electron chi connectivity index (χ0n) is 17.2. The monoisotopic (exact) mass is 413 g/mol. The van der Waals surface area contributed by atoms with Crippen LogP contribution in [0.15, 0.2) is 35.3 Å². The maximum Gasteiger partial charge on any atom is 0.330 e. The van der Waals surface area contributed by atoms with Crippen molar-refractivity contribution in [1.29, 1.82) is 0 Å². The molecule has 0 aliphatic carbocycles. The molecule has 0 saturated carbocycles. The quantitative estimate of drug-likeness (QED) is 0.767. The molecule has 1 aromatic heterocycles. The van der Waals surface area contributed by atoms with Crippen molar-refractivity contribution in [3.05, 3.63) is 52.2 Å². The van der Waals surface area contributed by atoms with E-state index in [2.05, 4.69) is 9.88 Å². The molecule has 0 spiro atoms. The average molecular weight is 413 g/mol. The van der Waals surface area contributed by atoms with Crippen LogP contribution in [0.25, 0.3) is 5.69 Å². The van der Waals surface area contributed by atoms with E-state index in [1.54, 1.807) is 35.0 Å². The number of nitrogens with one attached hydrogen (secondary N) is 1. The normalized spacial score (nSPS) is 17.9. The Morgan fingerprint density at radius 2 is 1.63 bits per heavy atom. The third-order valence-electron chi connectivity index (χ3n) is 5.71. The van der Waals surface area contributed by atoms with Crippen molar-refractivity contribution < 1.29 is 14.3 Å². The minimum absolute atomic E-state index is 0.0288. The molecule has 2 aromatic rings. The number of piperazine rings is 1. The first-order valence-electron chi connectivity index (χ1n) is 10.3. The molecule has 0 radical (unpaired) electrons. The van der Waals surface area contributed by atoms with Gasteiger partial charge >= 0.3 is 5.69 Å². The molecule has 1 N–H and O–H groups in total. The Hall–Kier alpha value is -2.91. The van der Waals surface area contributed by atoms with E-state index >= 15 is 0 Å². The smallest absolute Gasteiger partial charge is 0.330 e. The number of carbonyl (C=O) groups is 2. The summed E-state index contributed by atoms with van der Waals surface area (Å²) in [6.45, 7) is 7.29. The zero-order valence-corrected chi connectivity index (χ0v) is 17.2. The largest absolute Gasteiger partial charge is 0.378 e. The third-order valence-corrected chi connectivity index (χ3v) is 5.71. The van der Waals surface area contributed by atoms with Crippen molar-refractivity contribution in [3.8, 4) is 5.69 Å². The molecule has 9 heteroatoms. The van der Waals surface area contributed by atoms with Crippen molar-refractivity contribution in [2.45, 2.75) is 6.92 Å². The highest BCUT2D eigenvalue weighted by Gasteiger charge is 2.25. The fraction of sp³-hybridized carbons (Fsp3) is 0.476. The standard InChI is InChI=1S/C21H27N5O4/c1-16-14-22-21(29)26(16)18-4-2-17(3-5-18)20(28)25-8-6-23(7-9-25)15-19(27)24-10-12-30-13-11-24/h2-5,14H,6-13,15H2,1H3,(H,22,29). The summed E-state index contributed by atoms with van der Waals surface area (Å²) in [7, 11) is 0. The Bertz CT molecular complexity index is 951. The van der Waals surface area contributed by atoms with Crippen LogP contribution in [0, 0.1) is 6.92 Å². The number of morpholine rings is 1. The Morgan fingerprint density at radius 1 is 0.967 bits per heavy atom. The van der Waals surface area contributed by atoms with Gasteiger partial charge in [0.25, 0.3) is 5.91 Å². The van der Waals surface area contributed by atoms with Gasteiger partial charge < -0.3 is 19.5 Å². The average Bonchev–Trinajstić information content (AvgIpc) is 3.12. The molecule has 9 nitrogen and oxygen atoms in total. The Balaban J connectivity index is 1.32. The number of imidazole rings is 1. The Morgan fingerprint density at radius 3 is 2.23 bits per heavy atom. The summed E-state index contributed by atoms with van der Waals surface area (Å²) in [6.07, 6.45) is 1.66.